The van der Waals surface area contributed by atoms with Crippen LogP contribution in [0.5, 0.6) is 0 Å². The first-order valence-electron chi connectivity index (χ1n) is 9.61. The van der Waals surface area contributed by atoms with Crippen molar-refractivity contribution in [3.8, 4) is 0 Å². The molecule has 1 amide bonds. The Balaban J connectivity index is 1.63. The lowest BCUT2D eigenvalue weighted by Gasteiger charge is -2.39. The predicted molar refractivity (Wildman–Crippen MR) is 103 cm³/mol. The summed E-state index contributed by atoms with van der Waals surface area (Å²) in [5, 5.41) is 3.43. The van der Waals surface area contributed by atoms with Crippen molar-refractivity contribution in [1.82, 2.24) is 15.1 Å². The molecule has 25 heavy (non-hydrogen) atoms. The molecule has 2 aliphatic heterocycles. The van der Waals surface area contributed by atoms with Crippen molar-refractivity contribution >= 4 is 11.6 Å². The minimum absolute atomic E-state index is 0.150. The van der Waals surface area contributed by atoms with E-state index in [0.717, 1.165) is 44.8 Å². The van der Waals surface area contributed by atoms with Gasteiger partial charge < -0.3 is 15.1 Å². The first kappa shape index (κ1) is 18.2. The van der Waals surface area contributed by atoms with Crippen molar-refractivity contribution in [2.45, 2.75) is 45.8 Å². The zero-order valence-corrected chi connectivity index (χ0v) is 16.0. The van der Waals surface area contributed by atoms with Crippen molar-refractivity contribution in [2.24, 2.45) is 0 Å². The van der Waals surface area contributed by atoms with Crippen LogP contribution in [0.2, 0.25) is 0 Å². The van der Waals surface area contributed by atoms with Crippen LogP contribution in [-0.4, -0.2) is 73.1 Å². The third kappa shape index (κ3) is 3.98. The van der Waals surface area contributed by atoms with Crippen molar-refractivity contribution < 1.29 is 4.79 Å². The maximum Gasteiger partial charge on any atom is 0.254 e. The number of amides is 1. The molecule has 2 heterocycles. The maximum absolute atomic E-state index is 12.8. The smallest absolute Gasteiger partial charge is 0.254 e. The van der Waals surface area contributed by atoms with Crippen molar-refractivity contribution in [2.75, 3.05) is 44.2 Å². The molecule has 1 N–H and O–H groups in total. The van der Waals surface area contributed by atoms with Crippen LogP contribution in [0.15, 0.2) is 24.3 Å². The fourth-order valence-corrected chi connectivity index (χ4v) is 3.82. The summed E-state index contributed by atoms with van der Waals surface area (Å²) < 4.78 is 0. The number of hydrogen-bond acceptors (Lipinski definition) is 4. The van der Waals surface area contributed by atoms with Gasteiger partial charge in [-0.25, -0.2) is 0 Å². The molecule has 2 atom stereocenters. The van der Waals surface area contributed by atoms with Crippen LogP contribution in [0.4, 0.5) is 5.69 Å². The van der Waals surface area contributed by atoms with Gasteiger partial charge in [0.05, 0.1) is 0 Å². The molecule has 2 aliphatic rings. The largest absolute Gasteiger partial charge is 0.369 e. The molecule has 0 spiro atoms. The van der Waals surface area contributed by atoms with E-state index in [2.05, 4.69) is 54.9 Å². The molecule has 0 saturated carbocycles. The van der Waals surface area contributed by atoms with Gasteiger partial charge in [0.1, 0.15) is 0 Å². The second-order valence-corrected chi connectivity index (χ2v) is 7.65. The highest BCUT2D eigenvalue weighted by atomic mass is 16.2. The number of piperazine rings is 2. The van der Waals surface area contributed by atoms with Crippen LogP contribution in [-0.2, 0) is 0 Å². The SMILES string of the molecule is CC1NCCN(C(=O)c2ccc(N3CCN(C(C)C)CC3)cc2)C1C. The lowest BCUT2D eigenvalue weighted by molar-refractivity contribution is 0.0603. The molecular weight excluding hydrogens is 312 g/mol. The quantitative estimate of drug-likeness (QED) is 0.911. The molecule has 3 rings (SSSR count). The van der Waals surface area contributed by atoms with Crippen LogP contribution >= 0.6 is 0 Å². The third-order valence-electron chi connectivity index (χ3n) is 5.82. The Labute approximate surface area is 152 Å². The Morgan fingerprint density at radius 2 is 1.68 bits per heavy atom. The van der Waals surface area contributed by atoms with Gasteiger partial charge in [0.25, 0.3) is 5.91 Å². The number of carbonyl (C=O) groups excluding carboxylic acids is 1. The topological polar surface area (TPSA) is 38.8 Å². The molecule has 138 valence electrons. The van der Waals surface area contributed by atoms with Gasteiger partial charge in [-0.2, -0.15) is 0 Å². The number of nitrogens with zero attached hydrogens (tertiary/aromatic N) is 3. The van der Waals surface area contributed by atoms with Gasteiger partial charge in [-0.1, -0.05) is 0 Å². The van der Waals surface area contributed by atoms with E-state index in [-0.39, 0.29) is 11.9 Å². The Hall–Kier alpha value is -1.59. The summed E-state index contributed by atoms with van der Waals surface area (Å²) in [6.07, 6.45) is 0. The van der Waals surface area contributed by atoms with Gasteiger partial charge in [0.2, 0.25) is 0 Å². The van der Waals surface area contributed by atoms with Gasteiger partial charge in [0.15, 0.2) is 0 Å². The Morgan fingerprint density at radius 3 is 2.28 bits per heavy atom. The molecule has 5 nitrogen and oxygen atoms in total. The zero-order chi connectivity index (χ0) is 18.0. The molecule has 2 saturated heterocycles. The minimum atomic E-state index is 0.150. The monoisotopic (exact) mass is 344 g/mol. The van der Waals surface area contributed by atoms with E-state index in [1.165, 1.54) is 5.69 Å². The highest BCUT2D eigenvalue weighted by molar-refractivity contribution is 5.95. The van der Waals surface area contributed by atoms with Crippen molar-refractivity contribution in [3.63, 3.8) is 0 Å². The van der Waals surface area contributed by atoms with Crippen LogP contribution < -0.4 is 10.2 Å². The van der Waals surface area contributed by atoms with Gasteiger partial charge in [0, 0.05) is 68.6 Å². The molecule has 2 unspecified atom stereocenters. The molecular formula is C20H32N4O. The summed E-state index contributed by atoms with van der Waals surface area (Å²) in [5.41, 5.74) is 2.02. The van der Waals surface area contributed by atoms with Gasteiger partial charge in [-0.05, 0) is 52.0 Å². The van der Waals surface area contributed by atoms with Gasteiger partial charge in [-0.3, -0.25) is 9.69 Å². The third-order valence-corrected chi connectivity index (χ3v) is 5.82. The van der Waals surface area contributed by atoms with E-state index in [0.29, 0.717) is 12.1 Å². The van der Waals surface area contributed by atoms with Crippen molar-refractivity contribution in [1.29, 1.82) is 0 Å². The summed E-state index contributed by atoms with van der Waals surface area (Å²) in [6.45, 7) is 14.8. The van der Waals surface area contributed by atoms with Crippen LogP contribution in [0.1, 0.15) is 38.1 Å². The average Bonchev–Trinajstić information content (AvgIpc) is 2.64. The molecule has 0 bridgehead atoms. The summed E-state index contributed by atoms with van der Waals surface area (Å²) in [5.74, 6) is 0.150. The molecule has 0 aromatic heterocycles. The standard InChI is InChI=1S/C20H32N4O/c1-15(2)22-11-13-23(14-12-22)19-7-5-18(6-8-19)20(25)24-10-9-21-16(3)17(24)4/h5-8,15-17,21H,9-14H2,1-4H3. The van der Waals surface area contributed by atoms with E-state index in [1.54, 1.807) is 0 Å². The van der Waals surface area contributed by atoms with Crippen LogP contribution in [0, 0.1) is 0 Å². The molecule has 0 radical (unpaired) electrons. The number of hydrogen-bond donors (Lipinski definition) is 1. The summed E-state index contributed by atoms with van der Waals surface area (Å²) >= 11 is 0. The summed E-state index contributed by atoms with van der Waals surface area (Å²) in [6, 6.07) is 9.38. The van der Waals surface area contributed by atoms with Gasteiger partial charge >= 0.3 is 0 Å². The number of anilines is 1. The zero-order valence-electron chi connectivity index (χ0n) is 16.0. The lowest BCUT2D eigenvalue weighted by Crippen LogP contribution is -2.57. The fourth-order valence-electron chi connectivity index (χ4n) is 3.82. The average molecular weight is 345 g/mol. The number of benzene rings is 1. The highest BCUT2D eigenvalue weighted by Crippen LogP contribution is 2.20. The van der Waals surface area contributed by atoms with E-state index in [9.17, 15) is 4.79 Å². The fraction of sp³-hybridized carbons (Fsp3) is 0.650. The number of nitrogens with one attached hydrogen (secondary N) is 1. The minimum Gasteiger partial charge on any atom is -0.369 e. The first-order chi connectivity index (χ1) is 12.0. The molecule has 1 aromatic carbocycles. The predicted octanol–water partition coefficient (Wildman–Crippen LogP) is 2.04. The number of rotatable bonds is 3. The normalized spacial score (nSPS) is 25.5. The maximum atomic E-state index is 12.8. The van der Waals surface area contributed by atoms with Crippen LogP contribution in [0.3, 0.4) is 0 Å². The van der Waals surface area contributed by atoms with E-state index in [1.807, 2.05) is 17.0 Å². The molecule has 1 aromatic rings. The lowest BCUT2D eigenvalue weighted by atomic mass is 10.0. The first-order valence-corrected chi connectivity index (χ1v) is 9.61. The summed E-state index contributed by atoms with van der Waals surface area (Å²) in [7, 11) is 0. The Morgan fingerprint density at radius 1 is 1.04 bits per heavy atom. The second kappa shape index (κ2) is 7.75. The van der Waals surface area contributed by atoms with Crippen molar-refractivity contribution in [3.05, 3.63) is 29.8 Å². The molecule has 5 heteroatoms. The summed E-state index contributed by atoms with van der Waals surface area (Å²) in [4.78, 5) is 19.8. The Bertz CT molecular complexity index is 578. The molecule has 2 fully saturated rings. The second-order valence-electron chi connectivity index (χ2n) is 7.65. The van der Waals surface area contributed by atoms with E-state index in [4.69, 9.17) is 0 Å². The Kier molecular flexibility index (Phi) is 5.64. The molecule has 0 aliphatic carbocycles. The number of carbonyl (C=O) groups is 1. The van der Waals surface area contributed by atoms with E-state index < -0.39 is 0 Å². The highest BCUT2D eigenvalue weighted by Gasteiger charge is 2.28. The van der Waals surface area contributed by atoms with Gasteiger partial charge in [-0.15, -0.1) is 0 Å². The van der Waals surface area contributed by atoms with E-state index >= 15 is 0 Å². The van der Waals surface area contributed by atoms with Crippen LogP contribution in [0.25, 0.3) is 0 Å².